The Hall–Kier alpha value is -1.12. The summed E-state index contributed by atoms with van der Waals surface area (Å²) in [5.74, 6) is 0. The molecule has 0 saturated heterocycles. The minimum atomic E-state index is 0.113. The van der Waals surface area contributed by atoms with E-state index in [1.54, 1.807) is 0 Å². The minimum absolute atomic E-state index is 0.113. The fourth-order valence-electron chi connectivity index (χ4n) is 1.64. The number of hydrogen-bond acceptors (Lipinski definition) is 2. The maximum absolute atomic E-state index is 5.88. The van der Waals surface area contributed by atoms with Gasteiger partial charge in [0.15, 0.2) is 0 Å². The van der Waals surface area contributed by atoms with Crippen molar-refractivity contribution in [2.24, 2.45) is 0 Å². The molecule has 0 spiro atoms. The van der Waals surface area contributed by atoms with Crippen molar-refractivity contribution in [2.75, 3.05) is 0 Å². The molecule has 0 N–H and O–H groups in total. The van der Waals surface area contributed by atoms with Gasteiger partial charge in [0.2, 0.25) is 0 Å². The van der Waals surface area contributed by atoms with Crippen LogP contribution in [0.3, 0.4) is 0 Å². The number of benzene rings is 2. The number of rotatable bonds is 2. The Bertz CT molecular complexity index is 630. The van der Waals surface area contributed by atoms with Crippen molar-refractivity contribution in [3.63, 3.8) is 0 Å². The molecule has 5 heteroatoms. The van der Waals surface area contributed by atoms with Gasteiger partial charge in [-0.25, -0.2) is 0 Å². The predicted molar refractivity (Wildman–Crippen MR) is 79.9 cm³/mol. The van der Waals surface area contributed by atoms with Crippen LogP contribution in [0.2, 0.25) is 10.0 Å². The Labute approximate surface area is 126 Å². The van der Waals surface area contributed by atoms with Crippen LogP contribution in [0.1, 0.15) is 0 Å². The third-order valence-electron chi connectivity index (χ3n) is 2.61. The maximum atomic E-state index is 5.88. The van der Waals surface area contributed by atoms with Crippen molar-refractivity contribution in [1.29, 1.82) is 0 Å². The second kappa shape index (κ2) is 5.48. The van der Waals surface area contributed by atoms with Crippen molar-refractivity contribution in [1.82, 2.24) is 10.2 Å². The monoisotopic (exact) mass is 354 g/mol. The molecule has 0 radical (unpaired) electrons. The van der Waals surface area contributed by atoms with Gasteiger partial charge in [-0.15, -0.1) is 0 Å². The van der Waals surface area contributed by atoms with E-state index in [1.807, 2.05) is 48.5 Å². The van der Waals surface area contributed by atoms with Crippen molar-refractivity contribution >= 4 is 37.7 Å². The third-order valence-corrected chi connectivity index (χ3v) is 5.25. The molecule has 0 atom stereocenters. The van der Waals surface area contributed by atoms with Crippen LogP contribution in [-0.4, -0.2) is 24.7 Å². The Balaban J connectivity index is 1.95. The average molecular weight is 354 g/mol. The van der Waals surface area contributed by atoms with Crippen LogP contribution in [0.4, 0.5) is 0 Å². The van der Waals surface area contributed by atoms with E-state index < -0.39 is 0 Å². The van der Waals surface area contributed by atoms with Crippen LogP contribution in [-0.2, 0) is 0 Å². The summed E-state index contributed by atoms with van der Waals surface area (Å²) in [6.45, 7) is 0. The van der Waals surface area contributed by atoms with E-state index in [4.69, 9.17) is 23.2 Å². The first-order chi connectivity index (χ1) is 9.22. The van der Waals surface area contributed by atoms with Crippen molar-refractivity contribution in [3.05, 3.63) is 58.6 Å². The second-order valence-corrected chi connectivity index (χ2v) is 6.85. The molecule has 2 nitrogen and oxygen atoms in total. The van der Waals surface area contributed by atoms with Crippen LogP contribution in [0.15, 0.2) is 48.5 Å². The van der Waals surface area contributed by atoms with E-state index in [9.17, 15) is 0 Å². The number of halogens is 2. The summed E-state index contributed by atoms with van der Waals surface area (Å²) in [7, 11) is 0. The molecule has 0 fully saturated rings. The fourth-order valence-corrected chi connectivity index (χ4v) is 3.69. The Morgan fingerprint density at radius 2 is 1.00 bits per heavy atom. The zero-order valence-electron chi connectivity index (χ0n) is 9.68. The van der Waals surface area contributed by atoms with Crippen LogP contribution in [0.25, 0.3) is 20.3 Å². The van der Waals surface area contributed by atoms with Gasteiger partial charge < -0.3 is 0 Å². The van der Waals surface area contributed by atoms with E-state index in [0.717, 1.165) is 30.3 Å². The molecule has 1 heterocycles. The third kappa shape index (κ3) is 2.90. The number of aromatic nitrogens is 2. The summed E-state index contributed by atoms with van der Waals surface area (Å²) in [6, 6.07) is 15.4. The summed E-state index contributed by atoms with van der Waals surface area (Å²) in [6.07, 6.45) is 0. The van der Waals surface area contributed by atoms with Gasteiger partial charge in [-0.05, 0) is 0 Å². The predicted octanol–water partition coefficient (Wildman–Crippen LogP) is 4.17. The molecule has 0 aliphatic heterocycles. The van der Waals surface area contributed by atoms with E-state index in [1.165, 1.54) is 0 Å². The topological polar surface area (TPSA) is 25.8 Å². The molecule has 0 unspecified atom stereocenters. The van der Waals surface area contributed by atoms with Crippen molar-refractivity contribution < 1.29 is 0 Å². The van der Waals surface area contributed by atoms with Gasteiger partial charge >= 0.3 is 127 Å². The molecule has 19 heavy (non-hydrogen) atoms. The number of hydrogen-bond donors (Lipinski definition) is 0. The van der Waals surface area contributed by atoms with Crippen molar-refractivity contribution in [3.8, 4) is 20.3 Å². The normalized spacial score (nSPS) is 10.6. The van der Waals surface area contributed by atoms with Gasteiger partial charge in [0.05, 0.1) is 0 Å². The zero-order valence-corrected chi connectivity index (χ0v) is 12.9. The molecule has 0 bridgehead atoms. The molecule has 0 aliphatic rings. The summed E-state index contributed by atoms with van der Waals surface area (Å²) < 4.78 is 2.04. The van der Waals surface area contributed by atoms with Gasteiger partial charge in [-0.3, -0.25) is 0 Å². The average Bonchev–Trinajstić information content (AvgIpc) is 2.90. The molecular formula is C14H8Cl2N2Se. The first kappa shape index (κ1) is 12.9. The summed E-state index contributed by atoms with van der Waals surface area (Å²) in [4.78, 5) is 0. The molecule has 1 aromatic heterocycles. The quantitative estimate of drug-likeness (QED) is 0.646. The molecule has 0 saturated carbocycles. The van der Waals surface area contributed by atoms with Crippen molar-refractivity contribution in [2.45, 2.75) is 0 Å². The van der Waals surface area contributed by atoms with Gasteiger partial charge in [0.25, 0.3) is 0 Å². The molecule has 0 amide bonds. The van der Waals surface area contributed by atoms with E-state index in [2.05, 4.69) is 10.2 Å². The Kier molecular flexibility index (Phi) is 3.72. The zero-order chi connectivity index (χ0) is 13.2. The van der Waals surface area contributed by atoms with Crippen LogP contribution in [0, 0.1) is 0 Å². The van der Waals surface area contributed by atoms with Gasteiger partial charge in [-0.2, -0.15) is 0 Å². The molecular weight excluding hydrogens is 346 g/mol. The Morgan fingerprint density at radius 3 is 1.37 bits per heavy atom. The van der Waals surface area contributed by atoms with E-state index >= 15 is 0 Å². The Morgan fingerprint density at radius 1 is 0.632 bits per heavy atom. The molecule has 0 aliphatic carbocycles. The SMILES string of the molecule is Clc1ccc(-c2nnc(-c3ccc(Cl)cc3)[se]2)cc1. The number of nitrogens with zero attached hydrogens (tertiary/aromatic N) is 2. The molecule has 3 rings (SSSR count). The molecule has 3 aromatic rings. The molecule has 2 aromatic carbocycles. The fraction of sp³-hybridized carbons (Fsp3) is 0. The van der Waals surface area contributed by atoms with Crippen LogP contribution < -0.4 is 0 Å². The standard InChI is InChI=1S/C14H8Cl2N2Se/c15-11-5-1-9(2-6-11)13-17-18-14(19-13)10-3-7-12(16)8-4-10/h1-8H. The van der Waals surface area contributed by atoms with Crippen LogP contribution >= 0.6 is 23.2 Å². The second-order valence-electron chi connectivity index (χ2n) is 3.93. The van der Waals surface area contributed by atoms with Gasteiger partial charge in [0, 0.05) is 0 Å². The van der Waals surface area contributed by atoms with E-state index in [0.29, 0.717) is 0 Å². The summed E-state index contributed by atoms with van der Waals surface area (Å²) >= 11 is 11.9. The van der Waals surface area contributed by atoms with E-state index in [-0.39, 0.29) is 14.5 Å². The van der Waals surface area contributed by atoms with Gasteiger partial charge in [-0.1, -0.05) is 0 Å². The summed E-state index contributed by atoms with van der Waals surface area (Å²) in [5.41, 5.74) is 2.16. The molecule has 94 valence electrons. The van der Waals surface area contributed by atoms with Crippen LogP contribution in [0.5, 0.6) is 0 Å². The first-order valence-electron chi connectivity index (χ1n) is 5.58. The summed E-state index contributed by atoms with van der Waals surface area (Å²) in [5, 5.41) is 10.0. The first-order valence-corrected chi connectivity index (χ1v) is 8.05. The van der Waals surface area contributed by atoms with Gasteiger partial charge in [0.1, 0.15) is 0 Å².